The lowest BCUT2D eigenvalue weighted by atomic mass is 9.74. The first-order valence-electron chi connectivity index (χ1n) is 22.5. The minimum Gasteiger partial charge on any atom is -0.399 e. The Morgan fingerprint density at radius 3 is 1.27 bits per heavy atom. The van der Waals surface area contributed by atoms with Crippen LogP contribution in [0.3, 0.4) is 0 Å². The van der Waals surface area contributed by atoms with Gasteiger partial charge in [-0.05, 0) is 132 Å². The molecule has 8 rings (SSSR count). The number of Topliss-reactive ketones (excluding diaryl/α,β-unsaturated/α-hetero) is 2. The zero-order valence-electron chi connectivity index (χ0n) is 38.7. The van der Waals surface area contributed by atoms with E-state index in [0.29, 0.717) is 24.0 Å². The summed E-state index contributed by atoms with van der Waals surface area (Å²) in [5.74, 6) is -6.21. The molecular formula is C52H50F6N8O4. The number of nitrogens with zero attached hydrogens (tertiary/aromatic N) is 6. The van der Waals surface area contributed by atoms with Crippen molar-refractivity contribution in [3.05, 3.63) is 166 Å². The van der Waals surface area contributed by atoms with Crippen LogP contribution in [0.1, 0.15) is 94.6 Å². The molecule has 6 atom stereocenters. The smallest absolute Gasteiger partial charge is 0.185 e. The Bertz CT molecular complexity index is 2690. The lowest BCUT2D eigenvalue weighted by molar-refractivity contribution is 0.0979. The minimum atomic E-state index is -0.963. The van der Waals surface area contributed by atoms with Crippen LogP contribution in [-0.2, 0) is 22.5 Å². The van der Waals surface area contributed by atoms with Gasteiger partial charge in [-0.1, -0.05) is 36.3 Å². The van der Waals surface area contributed by atoms with E-state index in [0.717, 1.165) is 71.8 Å². The highest BCUT2D eigenvalue weighted by Gasteiger charge is 2.35. The zero-order chi connectivity index (χ0) is 50.2. The second-order valence-electron chi connectivity index (χ2n) is 17.3. The van der Waals surface area contributed by atoms with Gasteiger partial charge < -0.3 is 21.1 Å². The predicted octanol–water partition coefficient (Wildman–Crippen LogP) is 9.66. The van der Waals surface area contributed by atoms with Crippen LogP contribution >= 0.6 is 0 Å². The number of carbonyl (C=O) groups is 2. The number of nitrogens with two attached hydrogens (primary N) is 2. The van der Waals surface area contributed by atoms with E-state index < -0.39 is 69.0 Å². The number of carbonyl (C=O) groups excluding carboxylic acids is 2. The second-order valence-corrected chi connectivity index (χ2v) is 17.3. The van der Waals surface area contributed by atoms with Gasteiger partial charge >= 0.3 is 0 Å². The molecule has 0 aliphatic heterocycles. The summed E-state index contributed by atoms with van der Waals surface area (Å²) in [6, 6.07) is 14.0. The summed E-state index contributed by atoms with van der Waals surface area (Å²) in [7, 11) is 2.97. The average molecular weight is 965 g/mol. The minimum absolute atomic E-state index is 0.0554. The molecule has 2 aromatic carbocycles. The molecule has 364 valence electrons. The van der Waals surface area contributed by atoms with E-state index in [-0.39, 0.29) is 60.0 Å². The van der Waals surface area contributed by atoms with E-state index in [1.165, 1.54) is 38.5 Å². The lowest BCUT2D eigenvalue weighted by Crippen LogP contribution is -2.41. The highest BCUT2D eigenvalue weighted by Crippen LogP contribution is 2.38. The van der Waals surface area contributed by atoms with E-state index in [1.807, 2.05) is 26.0 Å². The van der Waals surface area contributed by atoms with Crippen molar-refractivity contribution in [2.24, 2.45) is 33.6 Å². The molecule has 18 heteroatoms. The number of hydrogen-bond acceptors (Lipinski definition) is 12. The topological polar surface area (TPSA) is 181 Å². The van der Waals surface area contributed by atoms with Gasteiger partial charge in [-0.25, -0.2) is 36.3 Å². The number of halogens is 6. The van der Waals surface area contributed by atoms with E-state index >= 15 is 0 Å². The number of oxime groups is 2. The first-order chi connectivity index (χ1) is 33.6. The third kappa shape index (κ3) is 11.3. The Kier molecular flexibility index (Phi) is 16.3. The Morgan fingerprint density at radius 1 is 0.557 bits per heavy atom. The van der Waals surface area contributed by atoms with Crippen LogP contribution in [0.5, 0.6) is 0 Å². The van der Waals surface area contributed by atoms with Gasteiger partial charge in [-0.3, -0.25) is 19.6 Å². The van der Waals surface area contributed by atoms with Gasteiger partial charge in [-0.2, -0.15) is 0 Å². The summed E-state index contributed by atoms with van der Waals surface area (Å²) >= 11 is 0. The van der Waals surface area contributed by atoms with Crippen molar-refractivity contribution in [1.82, 2.24) is 19.9 Å². The number of pyridine rings is 4. The van der Waals surface area contributed by atoms with Gasteiger partial charge in [0.15, 0.2) is 11.6 Å². The zero-order valence-corrected chi connectivity index (χ0v) is 38.7. The number of ketones is 2. The molecule has 4 heterocycles. The molecule has 2 fully saturated rings. The van der Waals surface area contributed by atoms with E-state index in [4.69, 9.17) is 21.1 Å². The first-order valence-corrected chi connectivity index (χ1v) is 22.5. The van der Waals surface area contributed by atoms with Crippen molar-refractivity contribution < 1.29 is 45.6 Å². The summed E-state index contributed by atoms with van der Waals surface area (Å²) in [5.41, 5.74) is 15.0. The molecule has 4 aromatic heterocycles. The maximum Gasteiger partial charge on any atom is 0.185 e. The molecule has 2 aliphatic carbocycles. The fourth-order valence-corrected chi connectivity index (χ4v) is 9.40. The fourth-order valence-electron chi connectivity index (χ4n) is 9.40. The molecule has 6 aromatic rings. The molecule has 0 bridgehead atoms. The van der Waals surface area contributed by atoms with Gasteiger partial charge in [0, 0.05) is 49.7 Å². The highest BCUT2D eigenvalue weighted by molar-refractivity contribution is 5.97. The molecular weight excluding hydrogens is 915 g/mol. The molecule has 0 spiro atoms. The van der Waals surface area contributed by atoms with Crippen LogP contribution in [0.25, 0.3) is 22.5 Å². The highest BCUT2D eigenvalue weighted by atomic mass is 19.2. The monoisotopic (exact) mass is 964 g/mol. The van der Waals surface area contributed by atoms with E-state index in [1.54, 1.807) is 24.8 Å². The second kappa shape index (κ2) is 22.5. The van der Waals surface area contributed by atoms with Gasteiger partial charge in [-0.15, -0.1) is 0 Å². The third-order valence-electron chi connectivity index (χ3n) is 12.6. The van der Waals surface area contributed by atoms with Crippen LogP contribution in [0, 0.1) is 46.7 Å². The van der Waals surface area contributed by atoms with Crippen molar-refractivity contribution in [3.63, 3.8) is 0 Å². The Hall–Kier alpha value is -7.18. The predicted molar refractivity (Wildman–Crippen MR) is 251 cm³/mol. The van der Waals surface area contributed by atoms with Gasteiger partial charge in [0.25, 0.3) is 0 Å². The number of rotatable bonds is 12. The Labute approximate surface area is 400 Å². The molecule has 4 N–H and O–H groups in total. The van der Waals surface area contributed by atoms with Crippen molar-refractivity contribution in [2.75, 3.05) is 14.2 Å². The number of benzene rings is 2. The molecule has 0 amide bonds. The summed E-state index contributed by atoms with van der Waals surface area (Å²) in [5, 5.41) is 8.14. The Balaban J connectivity index is 0.000000206. The summed E-state index contributed by atoms with van der Waals surface area (Å²) in [6.45, 7) is 4.06. The molecule has 0 radical (unpaired) electrons. The van der Waals surface area contributed by atoms with Crippen LogP contribution in [0.15, 0.2) is 108 Å². The van der Waals surface area contributed by atoms with E-state index in [9.17, 15) is 35.9 Å². The number of hydrogen-bond donors (Lipinski definition) is 2. The lowest BCUT2D eigenvalue weighted by Gasteiger charge is -2.33. The van der Waals surface area contributed by atoms with Gasteiger partial charge in [0.2, 0.25) is 0 Å². The van der Waals surface area contributed by atoms with Crippen molar-refractivity contribution in [2.45, 2.75) is 76.3 Å². The molecule has 70 heavy (non-hydrogen) atoms. The van der Waals surface area contributed by atoms with Crippen molar-refractivity contribution in [3.8, 4) is 22.5 Å². The fraction of sp³-hybridized carbons (Fsp3) is 0.308. The normalized spacial score (nSPS) is 21.2. The van der Waals surface area contributed by atoms with Crippen LogP contribution in [0.4, 0.5) is 26.3 Å². The van der Waals surface area contributed by atoms with Gasteiger partial charge in [0.05, 0.1) is 22.6 Å². The maximum atomic E-state index is 14.4. The molecule has 2 saturated carbocycles. The van der Waals surface area contributed by atoms with Crippen LogP contribution in [0.2, 0.25) is 0 Å². The summed E-state index contributed by atoms with van der Waals surface area (Å²) in [6.07, 6.45) is 9.24. The summed E-state index contributed by atoms with van der Waals surface area (Å²) in [4.78, 5) is 52.4. The largest absolute Gasteiger partial charge is 0.399 e. The first kappa shape index (κ1) is 50.7. The Morgan fingerprint density at radius 2 is 0.929 bits per heavy atom. The molecule has 12 nitrogen and oxygen atoms in total. The van der Waals surface area contributed by atoms with E-state index in [2.05, 4.69) is 30.2 Å². The van der Waals surface area contributed by atoms with Crippen molar-refractivity contribution >= 4 is 23.0 Å². The van der Waals surface area contributed by atoms with Crippen molar-refractivity contribution in [1.29, 1.82) is 0 Å². The standard InChI is InChI=1S/2C26H25F3N4O2/c2*1-14-10-15(11-21(30)25(14)33-35-2)17-8-9-31-13-16(17)12-23(34)22-7-6-20(29)26(32-22)24-18(27)4-3-5-19(24)28/h2*3-9,13-15,21H,10-12,30H2,1-2H3/b33-25+;33-25-/t2*14-,15+,21+/m00/s1. The molecule has 0 unspecified atom stereocenters. The molecule has 0 saturated heterocycles. The summed E-state index contributed by atoms with van der Waals surface area (Å²) < 4.78 is 85.8. The van der Waals surface area contributed by atoms with Crippen LogP contribution in [-0.4, -0.2) is 69.2 Å². The van der Waals surface area contributed by atoms with Gasteiger partial charge in [0.1, 0.15) is 71.9 Å². The average Bonchev–Trinajstić information content (AvgIpc) is 3.32. The SMILES string of the molecule is CO/N=C1/[C@H](N)C[C@H](c2ccncc2CC(=O)c2ccc(F)c(-c3c(F)cccc3F)n2)C[C@@H]1C.CO/N=C1\[C@H](N)C[C@H](c2ccncc2CC(=O)c2ccc(F)c(-c3c(F)cccc3F)n2)C[C@@H]1C. The quantitative estimate of drug-likeness (QED) is 0.0681. The maximum absolute atomic E-state index is 14.4. The molecule has 2 aliphatic rings. The van der Waals surface area contributed by atoms with Crippen LogP contribution < -0.4 is 11.5 Å². The number of aromatic nitrogens is 4. The third-order valence-corrected chi connectivity index (χ3v) is 12.6.